The number of aromatic hydroxyl groups is 1. The number of aliphatic hydroxyl groups excluding tert-OH is 1. The maximum absolute atomic E-state index is 13.0. The Balaban J connectivity index is 2.90. The number of amides is 1. The highest BCUT2D eigenvalue weighted by Gasteiger charge is 2.25. The first-order valence-corrected chi connectivity index (χ1v) is 5.84. The first kappa shape index (κ1) is 14.4. The van der Waals surface area contributed by atoms with Crippen LogP contribution in [-0.2, 0) is 0 Å². The summed E-state index contributed by atoms with van der Waals surface area (Å²) in [4.78, 5) is 11.9. The van der Waals surface area contributed by atoms with E-state index in [1.165, 1.54) is 0 Å². The molecule has 1 amide bonds. The van der Waals surface area contributed by atoms with Crippen molar-refractivity contribution < 1.29 is 19.4 Å². The number of phenols is 1. The molecule has 0 bridgehead atoms. The maximum atomic E-state index is 13.0. The Bertz CT molecular complexity index is 436. The number of hydrogen-bond donors (Lipinski definition) is 3. The largest absolute Gasteiger partial charge is 0.507 e. The Morgan fingerprint density at radius 2 is 2.17 bits per heavy atom. The number of benzene rings is 1. The summed E-state index contributed by atoms with van der Waals surface area (Å²) in [5.74, 6) is -1.40. The number of carbonyl (C=O) groups is 1. The summed E-state index contributed by atoms with van der Waals surface area (Å²) in [5, 5.41) is 21.2. The van der Waals surface area contributed by atoms with Crippen LogP contribution in [0.4, 0.5) is 4.39 Å². The molecule has 1 aromatic rings. The summed E-state index contributed by atoms with van der Waals surface area (Å²) < 4.78 is 13.0. The number of hydrogen-bond acceptors (Lipinski definition) is 3. The summed E-state index contributed by atoms with van der Waals surface area (Å²) in [6.45, 7) is 3.61. The summed E-state index contributed by atoms with van der Waals surface area (Å²) >= 11 is 0. The Labute approximate surface area is 105 Å². The lowest BCUT2D eigenvalue weighted by Crippen LogP contribution is -2.46. The van der Waals surface area contributed by atoms with E-state index >= 15 is 0 Å². The van der Waals surface area contributed by atoms with Crippen molar-refractivity contribution >= 4 is 5.91 Å². The summed E-state index contributed by atoms with van der Waals surface area (Å²) in [7, 11) is 0. The zero-order valence-corrected chi connectivity index (χ0v) is 10.5. The number of nitrogens with one attached hydrogen (secondary N) is 1. The number of phenolic OH excluding ortho intramolecular Hbond substituents is 1. The van der Waals surface area contributed by atoms with Gasteiger partial charge in [-0.1, -0.05) is 6.92 Å². The van der Waals surface area contributed by atoms with Crippen molar-refractivity contribution in [3.63, 3.8) is 0 Å². The van der Waals surface area contributed by atoms with Crippen LogP contribution in [0, 0.1) is 5.82 Å². The zero-order valence-electron chi connectivity index (χ0n) is 10.5. The molecule has 18 heavy (non-hydrogen) atoms. The van der Waals surface area contributed by atoms with E-state index in [4.69, 9.17) is 5.11 Å². The normalized spacial score (nSPS) is 14.0. The van der Waals surface area contributed by atoms with Crippen molar-refractivity contribution in [1.82, 2.24) is 5.32 Å². The predicted molar refractivity (Wildman–Crippen MR) is 65.9 cm³/mol. The predicted octanol–water partition coefficient (Wildman–Crippen LogP) is 1.81. The fraction of sp³-hybridized carbons (Fsp3) is 0.462. The summed E-state index contributed by atoms with van der Waals surface area (Å²) in [6, 6.07) is 3.21. The molecule has 0 radical (unpaired) electrons. The third-order valence-electron chi connectivity index (χ3n) is 3.06. The lowest BCUT2D eigenvalue weighted by molar-refractivity contribution is 0.0883. The molecule has 1 unspecified atom stereocenters. The zero-order chi connectivity index (χ0) is 13.8. The third kappa shape index (κ3) is 3.43. The summed E-state index contributed by atoms with van der Waals surface area (Å²) in [5.41, 5.74) is -0.683. The van der Waals surface area contributed by atoms with Gasteiger partial charge in [0.05, 0.1) is 5.56 Å². The second-order valence-corrected chi connectivity index (χ2v) is 4.50. The Morgan fingerprint density at radius 1 is 1.50 bits per heavy atom. The van der Waals surface area contributed by atoms with Crippen LogP contribution in [0.2, 0.25) is 0 Å². The molecule has 0 spiro atoms. The first-order chi connectivity index (χ1) is 8.41. The molecule has 0 heterocycles. The molecular weight excluding hydrogens is 237 g/mol. The van der Waals surface area contributed by atoms with Crippen LogP contribution in [0.25, 0.3) is 0 Å². The highest BCUT2D eigenvalue weighted by atomic mass is 19.1. The minimum atomic E-state index is -0.585. The van der Waals surface area contributed by atoms with Gasteiger partial charge in [-0.2, -0.15) is 0 Å². The SMILES string of the molecule is CCC(C)(CCO)NC(=O)c1cc(F)ccc1O. The minimum absolute atomic E-state index is 0.0558. The molecule has 0 aliphatic heterocycles. The average Bonchev–Trinajstić information content (AvgIpc) is 2.32. The fourth-order valence-corrected chi connectivity index (χ4v) is 1.61. The molecule has 100 valence electrons. The van der Waals surface area contributed by atoms with E-state index in [9.17, 15) is 14.3 Å². The van der Waals surface area contributed by atoms with E-state index in [-0.39, 0.29) is 17.9 Å². The van der Waals surface area contributed by atoms with Crippen LogP contribution < -0.4 is 5.32 Å². The van der Waals surface area contributed by atoms with Crippen LogP contribution in [0.15, 0.2) is 18.2 Å². The third-order valence-corrected chi connectivity index (χ3v) is 3.06. The number of carbonyl (C=O) groups excluding carboxylic acids is 1. The molecule has 4 nitrogen and oxygen atoms in total. The molecule has 5 heteroatoms. The molecule has 0 aliphatic carbocycles. The molecule has 0 aliphatic rings. The van der Waals surface area contributed by atoms with Gasteiger partial charge < -0.3 is 15.5 Å². The molecule has 0 aromatic heterocycles. The van der Waals surface area contributed by atoms with E-state index in [1.54, 1.807) is 6.92 Å². The van der Waals surface area contributed by atoms with Crippen LogP contribution in [0.1, 0.15) is 37.0 Å². The Kier molecular flexibility index (Phi) is 4.67. The van der Waals surface area contributed by atoms with E-state index in [1.807, 2.05) is 6.92 Å². The number of rotatable bonds is 5. The standard InChI is InChI=1S/C13H18FNO3/c1-3-13(2,6-7-16)15-12(18)10-8-9(14)4-5-11(10)17/h4-5,8,16-17H,3,6-7H2,1-2H3,(H,15,18). The van der Waals surface area contributed by atoms with Gasteiger partial charge in [-0.15, -0.1) is 0 Å². The topological polar surface area (TPSA) is 69.6 Å². The second kappa shape index (κ2) is 5.82. The fourth-order valence-electron chi connectivity index (χ4n) is 1.61. The van der Waals surface area contributed by atoms with Crippen LogP contribution in [-0.4, -0.2) is 28.3 Å². The van der Waals surface area contributed by atoms with Crippen molar-refractivity contribution in [1.29, 1.82) is 0 Å². The van der Waals surface area contributed by atoms with E-state index in [0.29, 0.717) is 12.8 Å². The second-order valence-electron chi connectivity index (χ2n) is 4.50. The van der Waals surface area contributed by atoms with Gasteiger partial charge in [-0.25, -0.2) is 4.39 Å². The molecule has 0 saturated carbocycles. The minimum Gasteiger partial charge on any atom is -0.507 e. The molecule has 0 saturated heterocycles. The quantitative estimate of drug-likeness (QED) is 0.751. The highest BCUT2D eigenvalue weighted by molar-refractivity contribution is 5.97. The van der Waals surface area contributed by atoms with Gasteiger partial charge in [0.1, 0.15) is 11.6 Å². The highest BCUT2D eigenvalue weighted by Crippen LogP contribution is 2.20. The van der Waals surface area contributed by atoms with Crippen LogP contribution in [0.3, 0.4) is 0 Å². The monoisotopic (exact) mass is 255 g/mol. The molecule has 1 rings (SSSR count). The van der Waals surface area contributed by atoms with Gasteiger partial charge >= 0.3 is 0 Å². The van der Waals surface area contributed by atoms with Gasteiger partial charge in [0.15, 0.2) is 0 Å². The van der Waals surface area contributed by atoms with Crippen LogP contribution in [0.5, 0.6) is 5.75 Å². The molecule has 1 atom stereocenters. The lowest BCUT2D eigenvalue weighted by atomic mass is 9.94. The van der Waals surface area contributed by atoms with E-state index in [2.05, 4.69) is 5.32 Å². The van der Waals surface area contributed by atoms with Crippen LogP contribution >= 0.6 is 0 Å². The van der Waals surface area contributed by atoms with Crippen molar-refractivity contribution in [2.24, 2.45) is 0 Å². The van der Waals surface area contributed by atoms with Gasteiger partial charge in [-0.05, 0) is 38.0 Å². The number of aliphatic hydroxyl groups is 1. The maximum Gasteiger partial charge on any atom is 0.255 e. The molecule has 1 aromatic carbocycles. The number of halogens is 1. The molecule has 3 N–H and O–H groups in total. The Hall–Kier alpha value is -1.62. The van der Waals surface area contributed by atoms with Crippen molar-refractivity contribution in [3.8, 4) is 5.75 Å². The van der Waals surface area contributed by atoms with E-state index in [0.717, 1.165) is 18.2 Å². The first-order valence-electron chi connectivity index (χ1n) is 5.84. The Morgan fingerprint density at radius 3 is 2.72 bits per heavy atom. The van der Waals surface area contributed by atoms with Gasteiger partial charge in [0.2, 0.25) is 0 Å². The van der Waals surface area contributed by atoms with Crippen molar-refractivity contribution in [3.05, 3.63) is 29.6 Å². The smallest absolute Gasteiger partial charge is 0.255 e. The van der Waals surface area contributed by atoms with Crippen molar-refractivity contribution in [2.75, 3.05) is 6.61 Å². The average molecular weight is 255 g/mol. The van der Waals surface area contributed by atoms with Gasteiger partial charge in [0, 0.05) is 12.1 Å². The van der Waals surface area contributed by atoms with Crippen molar-refractivity contribution in [2.45, 2.75) is 32.2 Å². The van der Waals surface area contributed by atoms with Gasteiger partial charge in [0.25, 0.3) is 5.91 Å². The molecule has 0 fully saturated rings. The van der Waals surface area contributed by atoms with E-state index < -0.39 is 17.3 Å². The molecular formula is C13H18FNO3. The summed E-state index contributed by atoms with van der Waals surface area (Å²) in [6.07, 6.45) is 1.01. The lowest BCUT2D eigenvalue weighted by Gasteiger charge is -2.29. The van der Waals surface area contributed by atoms with Gasteiger partial charge in [-0.3, -0.25) is 4.79 Å².